The second kappa shape index (κ2) is 7.15. The predicted octanol–water partition coefficient (Wildman–Crippen LogP) is 3.18. The highest BCUT2D eigenvalue weighted by Gasteiger charge is 2.10. The molecular weight excluding hydrogens is 312 g/mol. The van der Waals surface area contributed by atoms with E-state index in [-0.39, 0.29) is 0 Å². The van der Waals surface area contributed by atoms with E-state index >= 15 is 0 Å². The number of aromatic amines is 1. The molecule has 7 heteroatoms. The zero-order chi connectivity index (χ0) is 16.1. The normalized spacial score (nSPS) is 10.5. The van der Waals surface area contributed by atoms with Crippen molar-refractivity contribution >= 4 is 11.8 Å². The molecule has 0 saturated heterocycles. The summed E-state index contributed by atoms with van der Waals surface area (Å²) in [5.41, 5.74) is 1.83. The van der Waals surface area contributed by atoms with Crippen molar-refractivity contribution < 1.29 is 9.47 Å². The van der Waals surface area contributed by atoms with Gasteiger partial charge in [-0.25, -0.2) is 4.98 Å². The molecular formula is C16H16N4O2S. The van der Waals surface area contributed by atoms with E-state index in [1.807, 2.05) is 36.4 Å². The Balaban J connectivity index is 1.76. The zero-order valence-corrected chi connectivity index (χ0v) is 13.6. The first-order valence-corrected chi connectivity index (χ1v) is 7.95. The smallest absolute Gasteiger partial charge is 0.184 e. The number of pyridine rings is 1. The van der Waals surface area contributed by atoms with Gasteiger partial charge in [0.05, 0.1) is 19.9 Å². The molecule has 0 saturated carbocycles. The van der Waals surface area contributed by atoms with Gasteiger partial charge in [-0.05, 0) is 24.3 Å². The minimum Gasteiger partial charge on any atom is -0.497 e. The lowest BCUT2D eigenvalue weighted by molar-refractivity contribution is 0.394. The third-order valence-corrected chi connectivity index (χ3v) is 4.05. The molecule has 0 spiro atoms. The minimum atomic E-state index is 0.603. The fourth-order valence-electron chi connectivity index (χ4n) is 2.00. The van der Waals surface area contributed by atoms with Gasteiger partial charge in [0.25, 0.3) is 0 Å². The number of benzene rings is 1. The van der Waals surface area contributed by atoms with Gasteiger partial charge in [0.15, 0.2) is 11.0 Å². The second-order valence-electron chi connectivity index (χ2n) is 4.68. The van der Waals surface area contributed by atoms with Crippen LogP contribution in [0.15, 0.2) is 47.8 Å². The highest BCUT2D eigenvalue weighted by Crippen LogP contribution is 2.29. The molecule has 0 fully saturated rings. The van der Waals surface area contributed by atoms with Crippen molar-refractivity contribution in [3.8, 4) is 22.9 Å². The summed E-state index contributed by atoms with van der Waals surface area (Å²) in [6, 6.07) is 11.4. The molecule has 0 aliphatic heterocycles. The molecule has 1 N–H and O–H groups in total. The highest BCUT2D eigenvalue weighted by molar-refractivity contribution is 7.98. The van der Waals surface area contributed by atoms with Crippen LogP contribution in [0.5, 0.6) is 11.5 Å². The maximum Gasteiger partial charge on any atom is 0.184 e. The topological polar surface area (TPSA) is 72.9 Å². The van der Waals surface area contributed by atoms with Crippen molar-refractivity contribution in [3.05, 3.63) is 48.3 Å². The standard InChI is InChI=1S/C16H16N4O2S/c1-21-13-7-11(8-14(9-13)22-2)15-18-16(20-19-15)23-10-12-5-3-4-6-17-12/h3-9H,10H2,1-2H3,(H,18,19,20). The van der Waals surface area contributed by atoms with Crippen LogP contribution >= 0.6 is 11.8 Å². The molecule has 0 unspecified atom stereocenters. The molecule has 2 heterocycles. The molecule has 0 amide bonds. The third-order valence-electron chi connectivity index (χ3n) is 3.16. The van der Waals surface area contributed by atoms with Gasteiger partial charge >= 0.3 is 0 Å². The van der Waals surface area contributed by atoms with Gasteiger partial charge in [0.1, 0.15) is 11.5 Å². The molecule has 0 bridgehead atoms. The lowest BCUT2D eigenvalue weighted by atomic mass is 10.2. The molecule has 0 aliphatic carbocycles. The van der Waals surface area contributed by atoms with Gasteiger partial charge in [0, 0.05) is 23.6 Å². The number of nitrogens with one attached hydrogen (secondary N) is 1. The summed E-state index contributed by atoms with van der Waals surface area (Å²) in [7, 11) is 3.23. The molecule has 6 nitrogen and oxygen atoms in total. The summed E-state index contributed by atoms with van der Waals surface area (Å²) in [6.45, 7) is 0. The predicted molar refractivity (Wildman–Crippen MR) is 88.7 cm³/mol. The fourth-order valence-corrected chi connectivity index (χ4v) is 2.72. The van der Waals surface area contributed by atoms with Crippen LogP contribution in [-0.4, -0.2) is 34.4 Å². The maximum absolute atomic E-state index is 5.27. The summed E-state index contributed by atoms with van der Waals surface area (Å²) >= 11 is 1.55. The average Bonchev–Trinajstić information content (AvgIpc) is 3.09. The molecule has 1 aromatic carbocycles. The Kier molecular flexibility index (Phi) is 4.77. The second-order valence-corrected chi connectivity index (χ2v) is 5.64. The quantitative estimate of drug-likeness (QED) is 0.701. The lowest BCUT2D eigenvalue weighted by Gasteiger charge is -2.05. The van der Waals surface area contributed by atoms with Crippen LogP contribution < -0.4 is 9.47 Å². The van der Waals surface area contributed by atoms with E-state index in [0.29, 0.717) is 17.3 Å². The van der Waals surface area contributed by atoms with Crippen molar-refractivity contribution in [2.24, 2.45) is 0 Å². The number of thioether (sulfide) groups is 1. The zero-order valence-electron chi connectivity index (χ0n) is 12.8. The molecule has 3 rings (SSSR count). The number of rotatable bonds is 6. The Morgan fingerprint density at radius 1 is 1.09 bits per heavy atom. The maximum atomic E-state index is 5.27. The van der Waals surface area contributed by atoms with Crippen molar-refractivity contribution in [1.82, 2.24) is 20.2 Å². The van der Waals surface area contributed by atoms with Crippen LogP contribution in [0, 0.1) is 0 Å². The summed E-state index contributed by atoms with van der Waals surface area (Å²) in [5, 5.41) is 7.95. The van der Waals surface area contributed by atoms with E-state index < -0.39 is 0 Å². The molecule has 3 aromatic rings. The van der Waals surface area contributed by atoms with Gasteiger partial charge in [-0.3, -0.25) is 10.1 Å². The first kappa shape index (κ1) is 15.4. The van der Waals surface area contributed by atoms with Crippen LogP contribution in [0.25, 0.3) is 11.4 Å². The molecule has 118 valence electrons. The first-order valence-electron chi connectivity index (χ1n) is 6.97. The van der Waals surface area contributed by atoms with E-state index in [0.717, 1.165) is 22.2 Å². The number of nitrogens with zero attached hydrogens (tertiary/aromatic N) is 3. The Bertz CT molecular complexity index is 755. The van der Waals surface area contributed by atoms with Crippen LogP contribution in [0.4, 0.5) is 0 Å². The molecule has 0 aliphatic rings. The average molecular weight is 328 g/mol. The van der Waals surface area contributed by atoms with Crippen molar-refractivity contribution in [3.63, 3.8) is 0 Å². The van der Waals surface area contributed by atoms with E-state index in [9.17, 15) is 0 Å². The summed E-state index contributed by atoms with van der Waals surface area (Å²) < 4.78 is 10.5. The SMILES string of the molecule is COc1cc(OC)cc(-c2n[nH]c(SCc3ccccn3)n2)c1. The molecule has 0 radical (unpaired) electrons. The Hall–Kier alpha value is -2.54. The van der Waals surface area contributed by atoms with E-state index in [4.69, 9.17) is 9.47 Å². The van der Waals surface area contributed by atoms with Gasteiger partial charge in [0.2, 0.25) is 0 Å². The molecule has 2 aromatic heterocycles. The van der Waals surface area contributed by atoms with E-state index in [1.165, 1.54) is 0 Å². The monoisotopic (exact) mass is 328 g/mol. The Morgan fingerprint density at radius 2 is 1.87 bits per heavy atom. The fraction of sp³-hybridized carbons (Fsp3) is 0.188. The van der Waals surface area contributed by atoms with Crippen LogP contribution in [-0.2, 0) is 5.75 Å². The van der Waals surface area contributed by atoms with Crippen molar-refractivity contribution in [2.75, 3.05) is 14.2 Å². The molecule has 23 heavy (non-hydrogen) atoms. The highest BCUT2D eigenvalue weighted by atomic mass is 32.2. The van der Waals surface area contributed by atoms with Crippen LogP contribution in [0.3, 0.4) is 0 Å². The third kappa shape index (κ3) is 3.81. The summed E-state index contributed by atoms with van der Waals surface area (Å²) in [6.07, 6.45) is 1.78. The minimum absolute atomic E-state index is 0.603. The Labute approximate surface area is 138 Å². The van der Waals surface area contributed by atoms with Gasteiger partial charge < -0.3 is 9.47 Å². The largest absolute Gasteiger partial charge is 0.497 e. The lowest BCUT2D eigenvalue weighted by Crippen LogP contribution is -1.89. The van der Waals surface area contributed by atoms with Crippen molar-refractivity contribution in [2.45, 2.75) is 10.9 Å². The number of hydrogen-bond donors (Lipinski definition) is 1. The Morgan fingerprint density at radius 3 is 2.52 bits per heavy atom. The van der Waals surface area contributed by atoms with Gasteiger partial charge in [-0.15, -0.1) is 0 Å². The van der Waals surface area contributed by atoms with Gasteiger partial charge in [-0.2, -0.15) is 5.10 Å². The van der Waals surface area contributed by atoms with E-state index in [2.05, 4.69) is 20.2 Å². The number of ether oxygens (including phenoxy) is 2. The summed E-state index contributed by atoms with van der Waals surface area (Å²) in [4.78, 5) is 8.79. The molecule has 0 atom stereocenters. The van der Waals surface area contributed by atoms with E-state index in [1.54, 1.807) is 32.2 Å². The number of aromatic nitrogens is 4. The summed E-state index contributed by atoms with van der Waals surface area (Å²) in [5.74, 6) is 2.74. The number of H-pyrrole nitrogens is 1. The van der Waals surface area contributed by atoms with Crippen molar-refractivity contribution in [1.29, 1.82) is 0 Å². The number of hydrogen-bond acceptors (Lipinski definition) is 6. The van der Waals surface area contributed by atoms with Crippen LogP contribution in [0.2, 0.25) is 0 Å². The van der Waals surface area contributed by atoms with Crippen LogP contribution in [0.1, 0.15) is 5.69 Å². The van der Waals surface area contributed by atoms with Gasteiger partial charge in [-0.1, -0.05) is 17.8 Å². The first-order chi connectivity index (χ1) is 11.3. The number of methoxy groups -OCH3 is 2.